The Balaban J connectivity index is 1.97. The number of thiazole rings is 1. The Bertz CT molecular complexity index is 783. The fourth-order valence-corrected chi connectivity index (χ4v) is 3.15. The predicted molar refractivity (Wildman–Crippen MR) is 90.9 cm³/mol. The van der Waals surface area contributed by atoms with Crippen LogP contribution in [-0.4, -0.2) is 4.98 Å². The number of hydrogen-bond acceptors (Lipinski definition) is 3. The van der Waals surface area contributed by atoms with E-state index in [1.54, 1.807) is 17.4 Å². The molecule has 1 heterocycles. The van der Waals surface area contributed by atoms with E-state index in [-0.39, 0.29) is 0 Å². The Morgan fingerprint density at radius 2 is 1.86 bits per heavy atom. The number of aromatic nitrogens is 1. The lowest BCUT2D eigenvalue weighted by molar-refractivity contribution is 1.07. The summed E-state index contributed by atoms with van der Waals surface area (Å²) in [6.07, 6.45) is 0. The lowest BCUT2D eigenvalue weighted by Gasteiger charge is -2.01. The van der Waals surface area contributed by atoms with Gasteiger partial charge in [-0.1, -0.05) is 47.5 Å². The fourth-order valence-electron chi connectivity index (χ4n) is 2.03. The Morgan fingerprint density at radius 1 is 1.00 bits per heavy atom. The molecule has 106 valence electrons. The van der Waals surface area contributed by atoms with Crippen LogP contribution in [0.5, 0.6) is 0 Å². The molecule has 0 saturated heterocycles. The summed E-state index contributed by atoms with van der Waals surface area (Å²) < 4.78 is 0. The van der Waals surface area contributed by atoms with E-state index in [1.165, 1.54) is 0 Å². The minimum Gasteiger partial charge on any atom is -0.326 e. The predicted octanol–water partition coefficient (Wildman–Crippen LogP) is 5.24. The topological polar surface area (TPSA) is 38.9 Å². The molecule has 0 spiro atoms. The molecule has 0 aliphatic carbocycles. The van der Waals surface area contributed by atoms with Gasteiger partial charge in [0.2, 0.25) is 0 Å². The molecule has 0 unspecified atom stereocenters. The molecule has 0 saturated carbocycles. The molecule has 21 heavy (non-hydrogen) atoms. The van der Waals surface area contributed by atoms with Gasteiger partial charge in [0.25, 0.3) is 0 Å². The number of hydrogen-bond donors (Lipinski definition) is 1. The molecule has 0 radical (unpaired) electrons. The molecule has 5 heteroatoms. The van der Waals surface area contributed by atoms with Crippen LogP contribution in [0.1, 0.15) is 5.56 Å². The molecule has 0 bridgehead atoms. The normalized spacial score (nSPS) is 10.8. The van der Waals surface area contributed by atoms with E-state index in [0.717, 1.165) is 27.4 Å². The highest BCUT2D eigenvalue weighted by Crippen LogP contribution is 2.32. The molecule has 3 aromatic rings. The Kier molecular flexibility index (Phi) is 4.27. The summed E-state index contributed by atoms with van der Waals surface area (Å²) in [7, 11) is 0. The summed E-state index contributed by atoms with van der Waals surface area (Å²) in [6.45, 7) is 0.527. The molecule has 0 amide bonds. The van der Waals surface area contributed by atoms with Crippen LogP contribution in [0.3, 0.4) is 0 Å². The third-order valence-corrected chi connectivity index (χ3v) is 4.76. The van der Waals surface area contributed by atoms with Crippen molar-refractivity contribution in [3.05, 3.63) is 63.5 Å². The number of rotatable bonds is 3. The molecule has 0 aliphatic rings. The van der Waals surface area contributed by atoms with E-state index in [0.29, 0.717) is 16.6 Å². The maximum Gasteiger partial charge on any atom is 0.124 e. The van der Waals surface area contributed by atoms with Gasteiger partial charge < -0.3 is 5.73 Å². The first-order valence-corrected chi connectivity index (χ1v) is 8.01. The van der Waals surface area contributed by atoms with Crippen LogP contribution in [0.25, 0.3) is 21.8 Å². The van der Waals surface area contributed by atoms with Crippen molar-refractivity contribution in [1.29, 1.82) is 0 Å². The lowest BCUT2D eigenvalue weighted by atomic mass is 10.1. The van der Waals surface area contributed by atoms with E-state index in [4.69, 9.17) is 28.9 Å². The maximum absolute atomic E-state index is 6.06. The molecule has 2 aromatic carbocycles. The van der Waals surface area contributed by atoms with Gasteiger partial charge in [0.05, 0.1) is 15.7 Å². The maximum atomic E-state index is 6.06. The van der Waals surface area contributed by atoms with Crippen molar-refractivity contribution < 1.29 is 0 Å². The van der Waals surface area contributed by atoms with Crippen LogP contribution in [-0.2, 0) is 6.54 Å². The van der Waals surface area contributed by atoms with Crippen molar-refractivity contribution in [1.82, 2.24) is 4.98 Å². The first-order valence-electron chi connectivity index (χ1n) is 6.37. The van der Waals surface area contributed by atoms with Gasteiger partial charge in [-0.15, -0.1) is 11.3 Å². The lowest BCUT2D eigenvalue weighted by Crippen LogP contribution is -1.95. The van der Waals surface area contributed by atoms with Crippen LogP contribution >= 0.6 is 34.5 Å². The van der Waals surface area contributed by atoms with E-state index in [2.05, 4.69) is 11.1 Å². The molecule has 3 rings (SSSR count). The van der Waals surface area contributed by atoms with Crippen LogP contribution in [0, 0.1) is 0 Å². The zero-order chi connectivity index (χ0) is 14.8. The summed E-state index contributed by atoms with van der Waals surface area (Å²) in [4.78, 5) is 4.67. The molecule has 2 N–H and O–H groups in total. The van der Waals surface area contributed by atoms with E-state index < -0.39 is 0 Å². The van der Waals surface area contributed by atoms with Crippen molar-refractivity contribution in [3.63, 3.8) is 0 Å². The first kappa shape index (κ1) is 14.5. The Morgan fingerprint density at radius 3 is 2.62 bits per heavy atom. The van der Waals surface area contributed by atoms with Gasteiger partial charge in [0.15, 0.2) is 0 Å². The van der Waals surface area contributed by atoms with Gasteiger partial charge in [-0.3, -0.25) is 0 Å². The fraction of sp³-hybridized carbons (Fsp3) is 0.0625. The van der Waals surface area contributed by atoms with Gasteiger partial charge >= 0.3 is 0 Å². The number of benzene rings is 2. The highest BCUT2D eigenvalue weighted by atomic mass is 35.5. The van der Waals surface area contributed by atoms with E-state index in [1.807, 2.05) is 35.7 Å². The average Bonchev–Trinajstić information content (AvgIpc) is 3.00. The number of halogens is 2. The van der Waals surface area contributed by atoms with Gasteiger partial charge in [-0.05, 0) is 23.8 Å². The molecular weight excluding hydrogens is 323 g/mol. The van der Waals surface area contributed by atoms with Crippen molar-refractivity contribution in [3.8, 4) is 21.8 Å². The quantitative estimate of drug-likeness (QED) is 0.711. The number of nitrogens with two attached hydrogens (primary N) is 1. The molecular formula is C16H12Cl2N2S. The third kappa shape index (κ3) is 3.11. The van der Waals surface area contributed by atoms with Crippen molar-refractivity contribution >= 4 is 34.5 Å². The third-order valence-electron chi connectivity index (χ3n) is 3.13. The smallest absolute Gasteiger partial charge is 0.124 e. The van der Waals surface area contributed by atoms with Gasteiger partial charge in [0, 0.05) is 23.1 Å². The zero-order valence-electron chi connectivity index (χ0n) is 11.0. The highest BCUT2D eigenvalue weighted by Gasteiger charge is 2.08. The second kappa shape index (κ2) is 6.16. The van der Waals surface area contributed by atoms with Crippen molar-refractivity contribution in [2.24, 2.45) is 5.73 Å². The van der Waals surface area contributed by atoms with Gasteiger partial charge in [-0.25, -0.2) is 4.98 Å². The van der Waals surface area contributed by atoms with Gasteiger partial charge in [0.1, 0.15) is 5.01 Å². The second-order valence-electron chi connectivity index (χ2n) is 4.57. The molecule has 0 fully saturated rings. The SMILES string of the molecule is NCc1cccc(-c2nc(-c3ccc(Cl)c(Cl)c3)cs2)c1. The summed E-state index contributed by atoms with van der Waals surface area (Å²) in [6, 6.07) is 13.7. The average molecular weight is 335 g/mol. The van der Waals surface area contributed by atoms with Gasteiger partial charge in [-0.2, -0.15) is 0 Å². The Hall–Kier alpha value is -1.39. The van der Waals surface area contributed by atoms with Crippen LogP contribution in [0.4, 0.5) is 0 Å². The van der Waals surface area contributed by atoms with Crippen LogP contribution < -0.4 is 5.73 Å². The Labute approximate surface area is 137 Å². The minimum atomic E-state index is 0.527. The molecule has 0 atom stereocenters. The highest BCUT2D eigenvalue weighted by molar-refractivity contribution is 7.13. The van der Waals surface area contributed by atoms with Crippen LogP contribution in [0.2, 0.25) is 10.0 Å². The second-order valence-corrected chi connectivity index (χ2v) is 6.24. The zero-order valence-corrected chi connectivity index (χ0v) is 13.3. The van der Waals surface area contributed by atoms with E-state index >= 15 is 0 Å². The monoisotopic (exact) mass is 334 g/mol. The largest absolute Gasteiger partial charge is 0.326 e. The summed E-state index contributed by atoms with van der Waals surface area (Å²) in [5.41, 5.74) is 9.71. The van der Waals surface area contributed by atoms with Crippen LogP contribution in [0.15, 0.2) is 47.8 Å². The van der Waals surface area contributed by atoms with Crippen molar-refractivity contribution in [2.45, 2.75) is 6.54 Å². The summed E-state index contributed by atoms with van der Waals surface area (Å²) >= 11 is 13.6. The molecule has 2 nitrogen and oxygen atoms in total. The first-order chi connectivity index (χ1) is 10.2. The standard InChI is InChI=1S/C16H12Cl2N2S/c17-13-5-4-11(7-14(13)18)15-9-21-16(20-15)12-3-1-2-10(6-12)8-19/h1-7,9H,8,19H2. The van der Waals surface area contributed by atoms with Crippen molar-refractivity contribution in [2.75, 3.05) is 0 Å². The summed E-state index contributed by atoms with van der Waals surface area (Å²) in [5, 5.41) is 4.07. The molecule has 0 aliphatic heterocycles. The summed E-state index contributed by atoms with van der Waals surface area (Å²) in [5.74, 6) is 0. The number of nitrogens with zero attached hydrogens (tertiary/aromatic N) is 1. The minimum absolute atomic E-state index is 0.527. The van der Waals surface area contributed by atoms with E-state index in [9.17, 15) is 0 Å². The molecule has 1 aromatic heterocycles.